The summed E-state index contributed by atoms with van der Waals surface area (Å²) >= 11 is 0. The third kappa shape index (κ3) is 2.41. The highest BCUT2D eigenvalue weighted by atomic mass is 16.3. The summed E-state index contributed by atoms with van der Waals surface area (Å²) in [4.78, 5) is 8.63. The molecule has 0 aliphatic rings. The monoisotopic (exact) mass is 305 g/mol. The van der Waals surface area contributed by atoms with Gasteiger partial charge in [0.2, 0.25) is 0 Å². The SMILES string of the molecule is OCc1ccccc1CNc1ncnc2c1oc1ccccc12. The molecule has 2 aromatic heterocycles. The van der Waals surface area contributed by atoms with Crippen LogP contribution < -0.4 is 5.32 Å². The molecule has 0 atom stereocenters. The van der Waals surface area contributed by atoms with Crippen molar-refractivity contribution in [2.24, 2.45) is 0 Å². The smallest absolute Gasteiger partial charge is 0.196 e. The number of rotatable bonds is 4. The van der Waals surface area contributed by atoms with E-state index < -0.39 is 0 Å². The predicted octanol–water partition coefficient (Wildman–Crippen LogP) is 3.48. The van der Waals surface area contributed by atoms with Gasteiger partial charge in [-0.1, -0.05) is 36.4 Å². The third-order valence-corrected chi connectivity index (χ3v) is 3.89. The van der Waals surface area contributed by atoms with E-state index in [4.69, 9.17) is 4.42 Å². The van der Waals surface area contributed by atoms with Crippen molar-refractivity contribution in [3.8, 4) is 0 Å². The minimum Gasteiger partial charge on any atom is -0.450 e. The highest BCUT2D eigenvalue weighted by Gasteiger charge is 2.12. The van der Waals surface area contributed by atoms with E-state index in [0.29, 0.717) is 17.9 Å². The van der Waals surface area contributed by atoms with Gasteiger partial charge in [0.15, 0.2) is 11.4 Å². The minimum atomic E-state index is 0.0156. The maximum absolute atomic E-state index is 9.41. The zero-order chi connectivity index (χ0) is 15.6. The normalized spacial score (nSPS) is 11.2. The lowest BCUT2D eigenvalue weighted by Gasteiger charge is -2.09. The van der Waals surface area contributed by atoms with Crippen molar-refractivity contribution >= 4 is 27.9 Å². The van der Waals surface area contributed by atoms with Crippen molar-refractivity contribution in [3.63, 3.8) is 0 Å². The number of furan rings is 1. The first kappa shape index (κ1) is 13.7. The summed E-state index contributed by atoms with van der Waals surface area (Å²) < 4.78 is 5.89. The van der Waals surface area contributed by atoms with E-state index in [1.54, 1.807) is 0 Å². The van der Waals surface area contributed by atoms with Crippen LogP contribution in [0.4, 0.5) is 5.82 Å². The first-order valence-corrected chi connectivity index (χ1v) is 7.40. The van der Waals surface area contributed by atoms with Gasteiger partial charge in [0.25, 0.3) is 0 Å². The van der Waals surface area contributed by atoms with E-state index in [1.807, 2.05) is 48.5 Å². The van der Waals surface area contributed by atoms with Crippen molar-refractivity contribution < 1.29 is 9.52 Å². The molecule has 2 aromatic carbocycles. The Morgan fingerprint density at radius 3 is 2.61 bits per heavy atom. The van der Waals surface area contributed by atoms with Gasteiger partial charge in [-0.05, 0) is 23.3 Å². The number of aromatic nitrogens is 2. The van der Waals surface area contributed by atoms with Gasteiger partial charge in [0.1, 0.15) is 17.4 Å². The van der Waals surface area contributed by atoms with E-state index in [9.17, 15) is 5.11 Å². The minimum absolute atomic E-state index is 0.0156. The number of hydrogen-bond acceptors (Lipinski definition) is 5. The van der Waals surface area contributed by atoms with Crippen LogP contribution in [0.25, 0.3) is 22.1 Å². The van der Waals surface area contributed by atoms with Gasteiger partial charge < -0.3 is 14.8 Å². The molecule has 0 aliphatic heterocycles. The van der Waals surface area contributed by atoms with Crippen LogP contribution in [-0.4, -0.2) is 15.1 Å². The summed E-state index contributed by atoms with van der Waals surface area (Å²) in [6.07, 6.45) is 1.53. The summed E-state index contributed by atoms with van der Waals surface area (Å²) in [6, 6.07) is 15.6. The predicted molar refractivity (Wildman–Crippen MR) is 89.0 cm³/mol. The molecule has 2 heterocycles. The standard InChI is InChI=1S/C18H15N3O2/c22-10-13-6-2-1-5-12(13)9-19-18-17-16(20-11-21-18)14-7-3-4-8-15(14)23-17/h1-8,11,22H,9-10H2,(H,19,20,21). The average molecular weight is 305 g/mol. The van der Waals surface area contributed by atoms with E-state index in [-0.39, 0.29) is 6.61 Å². The topological polar surface area (TPSA) is 71.2 Å². The quantitative estimate of drug-likeness (QED) is 0.604. The van der Waals surface area contributed by atoms with Crippen LogP contribution in [0.15, 0.2) is 59.3 Å². The number of aliphatic hydroxyl groups is 1. The lowest BCUT2D eigenvalue weighted by atomic mass is 10.1. The average Bonchev–Trinajstić information content (AvgIpc) is 2.99. The van der Waals surface area contributed by atoms with Crippen LogP contribution in [-0.2, 0) is 13.2 Å². The molecule has 23 heavy (non-hydrogen) atoms. The molecule has 114 valence electrons. The van der Waals surface area contributed by atoms with Crippen molar-refractivity contribution in [3.05, 3.63) is 66.0 Å². The molecule has 4 rings (SSSR count). The molecule has 0 fully saturated rings. The molecule has 0 spiro atoms. The summed E-state index contributed by atoms with van der Waals surface area (Å²) in [5.74, 6) is 0.652. The van der Waals surface area contributed by atoms with Gasteiger partial charge in [-0.25, -0.2) is 9.97 Å². The number of anilines is 1. The molecule has 5 nitrogen and oxygen atoms in total. The lowest BCUT2D eigenvalue weighted by Crippen LogP contribution is -2.04. The molecule has 0 aliphatic carbocycles. The van der Waals surface area contributed by atoms with Gasteiger partial charge in [0.05, 0.1) is 6.61 Å². The van der Waals surface area contributed by atoms with Crippen molar-refractivity contribution in [2.45, 2.75) is 13.2 Å². The highest BCUT2D eigenvalue weighted by Crippen LogP contribution is 2.30. The number of aliphatic hydroxyl groups excluding tert-OH is 1. The molecule has 0 unspecified atom stereocenters. The lowest BCUT2D eigenvalue weighted by molar-refractivity contribution is 0.280. The Kier molecular flexibility index (Phi) is 3.40. The van der Waals surface area contributed by atoms with E-state index in [0.717, 1.165) is 27.6 Å². The fraction of sp³-hybridized carbons (Fsp3) is 0.111. The maximum atomic E-state index is 9.41. The third-order valence-electron chi connectivity index (χ3n) is 3.89. The Labute approximate surface area is 132 Å². The Hall–Kier alpha value is -2.92. The van der Waals surface area contributed by atoms with Gasteiger partial charge >= 0.3 is 0 Å². The first-order valence-electron chi connectivity index (χ1n) is 7.40. The van der Waals surface area contributed by atoms with Gasteiger partial charge in [0, 0.05) is 11.9 Å². The van der Waals surface area contributed by atoms with Crippen LogP contribution in [0.1, 0.15) is 11.1 Å². The number of benzene rings is 2. The summed E-state index contributed by atoms with van der Waals surface area (Å²) in [5.41, 5.74) is 4.17. The van der Waals surface area contributed by atoms with Gasteiger partial charge in [-0.2, -0.15) is 0 Å². The number of fused-ring (bicyclic) bond motifs is 3. The second-order valence-corrected chi connectivity index (χ2v) is 5.28. The van der Waals surface area contributed by atoms with Crippen LogP contribution in [0.2, 0.25) is 0 Å². The summed E-state index contributed by atoms with van der Waals surface area (Å²) in [7, 11) is 0. The molecular formula is C18H15N3O2. The molecule has 0 bridgehead atoms. The molecule has 0 saturated carbocycles. The summed E-state index contributed by atoms with van der Waals surface area (Å²) in [6.45, 7) is 0.571. The van der Waals surface area contributed by atoms with Gasteiger partial charge in [-0.15, -0.1) is 0 Å². The molecule has 0 saturated heterocycles. The zero-order valence-corrected chi connectivity index (χ0v) is 12.4. The second-order valence-electron chi connectivity index (χ2n) is 5.28. The van der Waals surface area contributed by atoms with Crippen molar-refractivity contribution in [2.75, 3.05) is 5.32 Å². The van der Waals surface area contributed by atoms with E-state index in [2.05, 4.69) is 15.3 Å². The zero-order valence-electron chi connectivity index (χ0n) is 12.4. The number of hydrogen-bond donors (Lipinski definition) is 2. The van der Waals surface area contributed by atoms with Crippen LogP contribution in [0.3, 0.4) is 0 Å². The van der Waals surface area contributed by atoms with Crippen molar-refractivity contribution in [1.29, 1.82) is 0 Å². The molecular weight excluding hydrogens is 290 g/mol. The fourth-order valence-corrected chi connectivity index (χ4v) is 2.71. The Morgan fingerprint density at radius 1 is 0.957 bits per heavy atom. The van der Waals surface area contributed by atoms with Gasteiger partial charge in [-0.3, -0.25) is 0 Å². The number of nitrogens with zero attached hydrogens (tertiary/aromatic N) is 2. The summed E-state index contributed by atoms with van der Waals surface area (Å²) in [5, 5.41) is 13.7. The van der Waals surface area contributed by atoms with E-state index >= 15 is 0 Å². The molecule has 4 aromatic rings. The maximum Gasteiger partial charge on any atom is 0.196 e. The van der Waals surface area contributed by atoms with Crippen LogP contribution in [0.5, 0.6) is 0 Å². The molecule has 0 radical (unpaired) electrons. The first-order chi connectivity index (χ1) is 11.4. The molecule has 2 N–H and O–H groups in total. The molecule has 0 amide bonds. The fourth-order valence-electron chi connectivity index (χ4n) is 2.71. The highest BCUT2D eigenvalue weighted by molar-refractivity contribution is 6.05. The van der Waals surface area contributed by atoms with E-state index in [1.165, 1.54) is 6.33 Å². The Bertz CT molecular complexity index is 978. The largest absolute Gasteiger partial charge is 0.450 e. The Balaban J connectivity index is 1.72. The van der Waals surface area contributed by atoms with Crippen LogP contribution >= 0.6 is 0 Å². The Morgan fingerprint density at radius 2 is 1.74 bits per heavy atom. The number of para-hydroxylation sites is 1. The second kappa shape index (κ2) is 5.70. The number of nitrogens with one attached hydrogen (secondary N) is 1. The van der Waals surface area contributed by atoms with Crippen molar-refractivity contribution in [1.82, 2.24) is 9.97 Å². The molecule has 5 heteroatoms. The van der Waals surface area contributed by atoms with Crippen LogP contribution in [0, 0.1) is 0 Å².